The van der Waals surface area contributed by atoms with Gasteiger partial charge in [-0.3, -0.25) is 9.48 Å². The molecular weight excluding hydrogens is 371 g/mol. The number of fused-ring (bicyclic) bond motifs is 1. The first-order valence-electron chi connectivity index (χ1n) is 9.57. The maximum Gasteiger partial charge on any atom is 0.247 e. The molecule has 0 radical (unpaired) electrons. The van der Waals surface area contributed by atoms with Gasteiger partial charge in [-0.1, -0.05) is 19.1 Å². The number of amides is 1. The number of rotatable bonds is 6. The Bertz CT molecular complexity index is 1020. The lowest BCUT2D eigenvalue weighted by molar-refractivity contribution is -0.117. The molecule has 2 aromatic heterocycles. The lowest BCUT2D eigenvalue weighted by Crippen LogP contribution is -2.45. The van der Waals surface area contributed by atoms with Crippen LogP contribution in [0.15, 0.2) is 48.9 Å². The van der Waals surface area contributed by atoms with Crippen molar-refractivity contribution in [3.8, 4) is 0 Å². The maximum absolute atomic E-state index is 13.0. The smallest absolute Gasteiger partial charge is 0.247 e. The third-order valence-corrected chi connectivity index (χ3v) is 5.10. The second kappa shape index (κ2) is 7.90. The van der Waals surface area contributed by atoms with Crippen molar-refractivity contribution in [2.75, 3.05) is 22.6 Å². The van der Waals surface area contributed by atoms with Crippen LogP contribution in [0, 0.1) is 5.82 Å². The van der Waals surface area contributed by atoms with Gasteiger partial charge < -0.3 is 15.5 Å². The number of halogens is 1. The SMILES string of the molecule is CC[C@H]1C(=O)Nc2cnc(NCc3cnn(Cc4ccc(F)cc4)c3)cc2N1C. The summed E-state index contributed by atoms with van der Waals surface area (Å²) in [5.41, 5.74) is 3.67. The van der Waals surface area contributed by atoms with Crippen molar-refractivity contribution in [1.82, 2.24) is 14.8 Å². The van der Waals surface area contributed by atoms with Crippen LogP contribution in [0.3, 0.4) is 0 Å². The van der Waals surface area contributed by atoms with Gasteiger partial charge in [0.25, 0.3) is 0 Å². The zero-order chi connectivity index (χ0) is 20.4. The van der Waals surface area contributed by atoms with E-state index < -0.39 is 0 Å². The van der Waals surface area contributed by atoms with Crippen LogP contribution in [0.2, 0.25) is 0 Å². The molecule has 150 valence electrons. The highest BCUT2D eigenvalue weighted by atomic mass is 19.1. The van der Waals surface area contributed by atoms with E-state index in [1.165, 1.54) is 12.1 Å². The van der Waals surface area contributed by atoms with E-state index in [2.05, 4.69) is 20.7 Å². The Labute approximate surface area is 168 Å². The molecule has 1 aliphatic rings. The predicted octanol–water partition coefficient (Wildman–Crippen LogP) is 3.24. The van der Waals surface area contributed by atoms with Crippen molar-refractivity contribution in [2.24, 2.45) is 0 Å². The highest BCUT2D eigenvalue weighted by Crippen LogP contribution is 2.33. The van der Waals surface area contributed by atoms with Crippen LogP contribution in [0.1, 0.15) is 24.5 Å². The van der Waals surface area contributed by atoms with Crippen molar-refractivity contribution in [1.29, 1.82) is 0 Å². The Hall–Kier alpha value is -3.42. The van der Waals surface area contributed by atoms with E-state index in [9.17, 15) is 9.18 Å². The van der Waals surface area contributed by atoms with Crippen LogP contribution in [0.4, 0.5) is 21.6 Å². The van der Waals surface area contributed by atoms with Crippen LogP contribution in [-0.2, 0) is 17.9 Å². The first kappa shape index (κ1) is 18.9. The molecule has 7 nitrogen and oxygen atoms in total. The van der Waals surface area contributed by atoms with Crippen LogP contribution >= 0.6 is 0 Å². The molecule has 0 saturated carbocycles. The molecule has 0 unspecified atom stereocenters. The average molecular weight is 394 g/mol. The quantitative estimate of drug-likeness (QED) is 0.671. The number of nitrogens with zero attached hydrogens (tertiary/aromatic N) is 4. The topological polar surface area (TPSA) is 75.1 Å². The summed E-state index contributed by atoms with van der Waals surface area (Å²) in [5.74, 6) is 0.485. The lowest BCUT2D eigenvalue weighted by atomic mass is 10.1. The van der Waals surface area contributed by atoms with Gasteiger partial charge in [-0.25, -0.2) is 9.37 Å². The van der Waals surface area contributed by atoms with E-state index in [1.807, 2.05) is 35.8 Å². The first-order valence-corrected chi connectivity index (χ1v) is 9.57. The van der Waals surface area contributed by atoms with Gasteiger partial charge in [0.05, 0.1) is 30.3 Å². The van der Waals surface area contributed by atoms with Crippen molar-refractivity contribution >= 4 is 23.1 Å². The normalized spacial score (nSPS) is 15.8. The van der Waals surface area contributed by atoms with Gasteiger partial charge in [0.2, 0.25) is 5.91 Å². The van der Waals surface area contributed by atoms with Gasteiger partial charge in [-0.2, -0.15) is 5.10 Å². The van der Waals surface area contributed by atoms with E-state index in [0.29, 0.717) is 13.1 Å². The monoisotopic (exact) mass is 394 g/mol. The molecule has 1 aliphatic heterocycles. The number of hydrogen-bond donors (Lipinski definition) is 2. The number of aromatic nitrogens is 3. The van der Waals surface area contributed by atoms with Crippen LogP contribution in [0.25, 0.3) is 0 Å². The van der Waals surface area contributed by atoms with E-state index in [-0.39, 0.29) is 17.8 Å². The maximum atomic E-state index is 13.0. The van der Waals surface area contributed by atoms with Gasteiger partial charge >= 0.3 is 0 Å². The number of benzene rings is 1. The second-order valence-corrected chi connectivity index (χ2v) is 7.14. The molecule has 0 bridgehead atoms. The van der Waals surface area contributed by atoms with Crippen molar-refractivity contribution in [3.05, 3.63) is 65.9 Å². The first-order chi connectivity index (χ1) is 14.0. The van der Waals surface area contributed by atoms with E-state index in [1.54, 1.807) is 24.5 Å². The van der Waals surface area contributed by atoms with Crippen LogP contribution in [-0.4, -0.2) is 33.8 Å². The summed E-state index contributed by atoms with van der Waals surface area (Å²) < 4.78 is 14.8. The van der Waals surface area contributed by atoms with E-state index >= 15 is 0 Å². The second-order valence-electron chi connectivity index (χ2n) is 7.14. The van der Waals surface area contributed by atoms with Gasteiger partial charge in [-0.15, -0.1) is 0 Å². The molecule has 1 aromatic carbocycles. The Morgan fingerprint density at radius 3 is 2.76 bits per heavy atom. The standard InChI is InChI=1S/C21H23FN6O/c1-3-18-21(29)26-17-11-24-20(8-19(17)27(18)2)23-9-15-10-25-28(13-15)12-14-4-6-16(22)7-5-14/h4-8,10-11,13,18H,3,9,12H2,1-2H3,(H,23,24)(H,26,29)/t18-/m0/s1. The zero-order valence-corrected chi connectivity index (χ0v) is 16.4. The van der Waals surface area contributed by atoms with Crippen LogP contribution < -0.4 is 15.5 Å². The summed E-state index contributed by atoms with van der Waals surface area (Å²) in [5, 5.41) is 10.6. The largest absolute Gasteiger partial charge is 0.366 e. The fraction of sp³-hybridized carbons (Fsp3) is 0.286. The molecule has 1 amide bonds. The fourth-order valence-electron chi connectivity index (χ4n) is 3.50. The third kappa shape index (κ3) is 4.06. The van der Waals surface area contributed by atoms with Crippen molar-refractivity contribution in [2.45, 2.75) is 32.5 Å². The predicted molar refractivity (Wildman–Crippen MR) is 110 cm³/mol. The van der Waals surface area contributed by atoms with Gasteiger partial charge in [0, 0.05) is 31.4 Å². The Kier molecular flexibility index (Phi) is 5.16. The molecule has 8 heteroatoms. The summed E-state index contributed by atoms with van der Waals surface area (Å²) in [6.07, 6.45) is 6.17. The summed E-state index contributed by atoms with van der Waals surface area (Å²) in [6.45, 7) is 3.15. The number of carbonyl (C=O) groups excluding carboxylic acids is 1. The number of nitrogens with one attached hydrogen (secondary N) is 2. The molecule has 0 spiro atoms. The molecule has 2 N–H and O–H groups in total. The Morgan fingerprint density at radius 1 is 1.21 bits per heavy atom. The molecular formula is C21H23FN6O. The summed E-state index contributed by atoms with van der Waals surface area (Å²) >= 11 is 0. The number of pyridine rings is 1. The zero-order valence-electron chi connectivity index (χ0n) is 16.4. The average Bonchev–Trinajstić information content (AvgIpc) is 3.16. The molecule has 4 rings (SSSR count). The minimum Gasteiger partial charge on any atom is -0.366 e. The number of hydrogen-bond acceptors (Lipinski definition) is 5. The van der Waals surface area contributed by atoms with Crippen molar-refractivity contribution < 1.29 is 9.18 Å². The minimum atomic E-state index is -0.243. The molecule has 3 heterocycles. The minimum absolute atomic E-state index is 0.00132. The molecule has 0 aliphatic carbocycles. The number of carbonyl (C=O) groups is 1. The summed E-state index contributed by atoms with van der Waals surface area (Å²) in [4.78, 5) is 18.5. The fourth-order valence-corrected chi connectivity index (χ4v) is 3.50. The van der Waals surface area contributed by atoms with Crippen LogP contribution in [0.5, 0.6) is 0 Å². The van der Waals surface area contributed by atoms with Gasteiger partial charge in [-0.05, 0) is 24.1 Å². The Balaban J connectivity index is 1.41. The van der Waals surface area contributed by atoms with E-state index in [4.69, 9.17) is 0 Å². The summed E-state index contributed by atoms with van der Waals surface area (Å²) in [7, 11) is 1.93. The molecule has 3 aromatic rings. The number of likely N-dealkylation sites (N-methyl/N-ethyl adjacent to an activating group) is 1. The lowest BCUT2D eigenvalue weighted by Gasteiger charge is -2.34. The summed E-state index contributed by atoms with van der Waals surface area (Å²) in [6, 6.07) is 8.18. The highest BCUT2D eigenvalue weighted by Gasteiger charge is 2.29. The van der Waals surface area contributed by atoms with Gasteiger partial charge in [0.1, 0.15) is 17.7 Å². The van der Waals surface area contributed by atoms with Gasteiger partial charge in [0.15, 0.2) is 0 Å². The molecule has 0 fully saturated rings. The number of anilines is 3. The van der Waals surface area contributed by atoms with Crippen molar-refractivity contribution in [3.63, 3.8) is 0 Å². The van der Waals surface area contributed by atoms with E-state index in [0.717, 1.165) is 34.7 Å². The molecule has 0 saturated heterocycles. The molecule has 29 heavy (non-hydrogen) atoms. The Morgan fingerprint density at radius 2 is 2.00 bits per heavy atom. The molecule has 1 atom stereocenters. The third-order valence-electron chi connectivity index (χ3n) is 5.10. The highest BCUT2D eigenvalue weighted by molar-refractivity contribution is 6.03.